The highest BCUT2D eigenvalue weighted by Crippen LogP contribution is 2.27. The molecule has 0 radical (unpaired) electrons. The van der Waals surface area contributed by atoms with Gasteiger partial charge in [-0.1, -0.05) is 0 Å². The van der Waals surface area contributed by atoms with Crippen LogP contribution in [0.2, 0.25) is 0 Å². The minimum Gasteiger partial charge on any atom is -0.472 e. The summed E-state index contributed by atoms with van der Waals surface area (Å²) in [4.78, 5) is 13.9. The molecule has 1 N–H and O–H groups in total. The molecule has 0 unspecified atom stereocenters. The van der Waals surface area contributed by atoms with Crippen LogP contribution in [0.25, 0.3) is 11.0 Å². The van der Waals surface area contributed by atoms with E-state index < -0.39 is 0 Å². The molecule has 0 amide bonds. The fraction of sp³-hybridized carbons (Fsp3) is 0.500. The first-order valence-corrected chi connectivity index (χ1v) is 8.93. The van der Waals surface area contributed by atoms with Crippen LogP contribution in [0.15, 0.2) is 29.2 Å². The van der Waals surface area contributed by atoms with E-state index in [1.54, 1.807) is 17.2 Å². The standard InChI is InChI=1S/C18H24N6O2/c1-13-20-17-16(9-19-22(17)2)18(21-13)24-6-5-23(15(11-24)3-7-25)10-14-4-8-26-12-14/h4,8-9,12,15,25H,3,5-7,10-11H2,1-2H3/t15-/m0/s1. The number of nitrogens with zero attached hydrogens (tertiary/aromatic N) is 6. The second kappa shape index (κ2) is 7.05. The van der Waals surface area contributed by atoms with Crippen molar-refractivity contribution in [2.45, 2.75) is 25.9 Å². The third kappa shape index (κ3) is 3.17. The monoisotopic (exact) mass is 356 g/mol. The summed E-state index contributed by atoms with van der Waals surface area (Å²) >= 11 is 0. The Bertz CT molecular complexity index is 875. The number of furan rings is 1. The number of hydrogen-bond donors (Lipinski definition) is 1. The summed E-state index contributed by atoms with van der Waals surface area (Å²) in [5.74, 6) is 1.68. The SMILES string of the molecule is Cc1nc(N2CCN(Cc3ccoc3)[C@@H](CCO)C2)c2cnn(C)c2n1. The Hall–Kier alpha value is -2.45. The van der Waals surface area contributed by atoms with Crippen LogP contribution in [-0.4, -0.2) is 62.0 Å². The summed E-state index contributed by atoms with van der Waals surface area (Å²) in [5, 5.41) is 14.9. The van der Waals surface area contributed by atoms with Crippen molar-refractivity contribution in [2.24, 2.45) is 7.05 Å². The van der Waals surface area contributed by atoms with Gasteiger partial charge in [0.15, 0.2) is 5.65 Å². The lowest BCUT2D eigenvalue weighted by molar-refractivity contribution is 0.135. The first kappa shape index (κ1) is 17.0. The van der Waals surface area contributed by atoms with Gasteiger partial charge < -0.3 is 14.4 Å². The molecule has 1 fully saturated rings. The third-order valence-corrected chi connectivity index (χ3v) is 5.02. The Morgan fingerprint density at radius 1 is 1.31 bits per heavy atom. The largest absolute Gasteiger partial charge is 0.472 e. The van der Waals surface area contributed by atoms with Crippen molar-refractivity contribution < 1.29 is 9.52 Å². The first-order chi connectivity index (χ1) is 12.7. The Morgan fingerprint density at radius 2 is 2.19 bits per heavy atom. The molecular formula is C18H24N6O2. The van der Waals surface area contributed by atoms with Gasteiger partial charge in [0.2, 0.25) is 0 Å². The van der Waals surface area contributed by atoms with E-state index >= 15 is 0 Å². The molecule has 0 bridgehead atoms. The van der Waals surface area contributed by atoms with Gasteiger partial charge in [0.1, 0.15) is 11.6 Å². The van der Waals surface area contributed by atoms with Crippen LogP contribution in [0.5, 0.6) is 0 Å². The second-order valence-corrected chi connectivity index (χ2v) is 6.81. The van der Waals surface area contributed by atoms with E-state index in [1.165, 1.54) is 0 Å². The quantitative estimate of drug-likeness (QED) is 0.738. The maximum absolute atomic E-state index is 9.54. The molecule has 138 valence electrons. The van der Waals surface area contributed by atoms with Gasteiger partial charge in [0, 0.05) is 51.4 Å². The number of rotatable bonds is 5. The summed E-state index contributed by atoms with van der Waals surface area (Å²) in [6, 6.07) is 2.25. The predicted molar refractivity (Wildman–Crippen MR) is 97.9 cm³/mol. The molecule has 0 aromatic carbocycles. The van der Waals surface area contributed by atoms with E-state index in [0.29, 0.717) is 0 Å². The summed E-state index contributed by atoms with van der Waals surface area (Å²) in [6.45, 7) is 5.52. The molecule has 4 heterocycles. The summed E-state index contributed by atoms with van der Waals surface area (Å²) in [6.07, 6.45) is 6.06. The highest BCUT2D eigenvalue weighted by Gasteiger charge is 2.29. The zero-order valence-electron chi connectivity index (χ0n) is 15.2. The number of anilines is 1. The van der Waals surface area contributed by atoms with Crippen molar-refractivity contribution in [1.29, 1.82) is 0 Å². The Kier molecular flexibility index (Phi) is 4.60. The molecule has 0 saturated carbocycles. The molecule has 1 aliphatic rings. The molecule has 0 aliphatic carbocycles. The number of piperazine rings is 1. The van der Waals surface area contributed by atoms with Gasteiger partial charge in [-0.05, 0) is 19.4 Å². The van der Waals surface area contributed by atoms with Crippen LogP contribution in [0.4, 0.5) is 5.82 Å². The topological polar surface area (TPSA) is 83.5 Å². The number of hydrogen-bond acceptors (Lipinski definition) is 7. The van der Waals surface area contributed by atoms with Crippen LogP contribution in [-0.2, 0) is 13.6 Å². The molecular weight excluding hydrogens is 332 g/mol. The van der Waals surface area contributed by atoms with Crippen LogP contribution in [0.1, 0.15) is 17.8 Å². The summed E-state index contributed by atoms with van der Waals surface area (Å²) < 4.78 is 6.98. The Balaban J connectivity index is 1.59. The molecule has 3 aromatic heterocycles. The van der Waals surface area contributed by atoms with Crippen LogP contribution >= 0.6 is 0 Å². The van der Waals surface area contributed by atoms with E-state index in [4.69, 9.17) is 9.40 Å². The van der Waals surface area contributed by atoms with Gasteiger partial charge >= 0.3 is 0 Å². The maximum Gasteiger partial charge on any atom is 0.163 e. The lowest BCUT2D eigenvalue weighted by Gasteiger charge is -2.42. The zero-order chi connectivity index (χ0) is 18.1. The third-order valence-electron chi connectivity index (χ3n) is 5.02. The zero-order valence-corrected chi connectivity index (χ0v) is 15.2. The van der Waals surface area contributed by atoms with Gasteiger partial charge in [0.05, 0.1) is 24.1 Å². The van der Waals surface area contributed by atoms with Gasteiger partial charge in [-0.25, -0.2) is 9.97 Å². The van der Waals surface area contributed by atoms with Gasteiger partial charge in [-0.3, -0.25) is 9.58 Å². The molecule has 26 heavy (non-hydrogen) atoms. The molecule has 8 nitrogen and oxygen atoms in total. The molecule has 3 aromatic rings. The van der Waals surface area contributed by atoms with Crippen molar-refractivity contribution >= 4 is 16.9 Å². The average molecular weight is 356 g/mol. The summed E-state index contributed by atoms with van der Waals surface area (Å²) in [7, 11) is 1.90. The lowest BCUT2D eigenvalue weighted by atomic mass is 10.1. The van der Waals surface area contributed by atoms with E-state index in [1.807, 2.05) is 26.2 Å². The van der Waals surface area contributed by atoms with Crippen molar-refractivity contribution in [2.75, 3.05) is 31.1 Å². The number of aliphatic hydroxyl groups excluding tert-OH is 1. The van der Waals surface area contributed by atoms with Crippen LogP contribution in [0, 0.1) is 6.92 Å². The van der Waals surface area contributed by atoms with Gasteiger partial charge in [-0.15, -0.1) is 0 Å². The molecule has 1 saturated heterocycles. The minimum absolute atomic E-state index is 0.172. The number of aliphatic hydroxyl groups is 1. The van der Waals surface area contributed by atoms with Gasteiger partial charge in [-0.2, -0.15) is 5.10 Å². The fourth-order valence-electron chi connectivity index (χ4n) is 3.69. The fourth-order valence-corrected chi connectivity index (χ4v) is 3.69. The average Bonchev–Trinajstić information content (AvgIpc) is 3.27. The number of aromatic nitrogens is 4. The number of fused-ring (bicyclic) bond motifs is 1. The van der Waals surface area contributed by atoms with Crippen molar-refractivity contribution in [3.8, 4) is 0 Å². The van der Waals surface area contributed by atoms with Crippen molar-refractivity contribution in [1.82, 2.24) is 24.6 Å². The van der Waals surface area contributed by atoms with E-state index in [9.17, 15) is 5.11 Å². The minimum atomic E-state index is 0.172. The first-order valence-electron chi connectivity index (χ1n) is 8.93. The highest BCUT2D eigenvalue weighted by molar-refractivity contribution is 5.87. The van der Waals surface area contributed by atoms with Crippen molar-refractivity contribution in [3.05, 3.63) is 36.2 Å². The Morgan fingerprint density at radius 3 is 2.96 bits per heavy atom. The van der Waals surface area contributed by atoms with E-state index in [2.05, 4.69) is 19.9 Å². The molecule has 0 spiro atoms. The lowest BCUT2D eigenvalue weighted by Crippen LogP contribution is -2.53. The predicted octanol–water partition coefficient (Wildman–Crippen LogP) is 1.34. The van der Waals surface area contributed by atoms with E-state index in [0.717, 1.165) is 60.8 Å². The van der Waals surface area contributed by atoms with Crippen LogP contribution < -0.4 is 4.90 Å². The molecule has 4 rings (SSSR count). The molecule has 1 aliphatic heterocycles. The van der Waals surface area contributed by atoms with Gasteiger partial charge in [0.25, 0.3) is 0 Å². The van der Waals surface area contributed by atoms with E-state index in [-0.39, 0.29) is 12.6 Å². The highest BCUT2D eigenvalue weighted by atomic mass is 16.3. The second-order valence-electron chi connectivity index (χ2n) is 6.81. The van der Waals surface area contributed by atoms with Crippen molar-refractivity contribution in [3.63, 3.8) is 0 Å². The number of aryl methyl sites for hydroxylation is 2. The maximum atomic E-state index is 9.54. The smallest absolute Gasteiger partial charge is 0.163 e. The molecule has 1 atom stereocenters. The Labute approximate surface area is 152 Å². The summed E-state index contributed by atoms with van der Waals surface area (Å²) in [5.41, 5.74) is 2.01. The molecule has 8 heteroatoms. The normalized spacial score (nSPS) is 18.7. The van der Waals surface area contributed by atoms with Crippen LogP contribution in [0.3, 0.4) is 0 Å².